The van der Waals surface area contributed by atoms with Crippen LogP contribution in [0.2, 0.25) is 0 Å². The van der Waals surface area contributed by atoms with Gasteiger partial charge < -0.3 is 9.47 Å². The Morgan fingerprint density at radius 2 is 1.74 bits per heavy atom. The molecule has 0 unspecified atom stereocenters. The second-order valence-electron chi connectivity index (χ2n) is 7.49. The fraction of sp³-hybridized carbons (Fsp3) is 0.292. The molecule has 3 aromatic rings. The highest BCUT2D eigenvalue weighted by atomic mass is 32.1. The molecule has 0 bridgehead atoms. The van der Waals surface area contributed by atoms with Gasteiger partial charge in [-0.1, -0.05) is 36.8 Å². The predicted octanol–water partition coefficient (Wildman–Crippen LogP) is 4.16. The van der Waals surface area contributed by atoms with Gasteiger partial charge in [-0.15, -0.1) is 10.2 Å². The smallest absolute Gasteiger partial charge is 0.261 e. The van der Waals surface area contributed by atoms with Crippen molar-refractivity contribution in [3.63, 3.8) is 0 Å². The fourth-order valence-electron chi connectivity index (χ4n) is 3.42. The number of anilines is 1. The molecule has 3 amide bonds. The van der Waals surface area contributed by atoms with Crippen LogP contribution in [-0.2, 0) is 6.54 Å². The third kappa shape index (κ3) is 4.91. The summed E-state index contributed by atoms with van der Waals surface area (Å²) in [4.78, 5) is 39.0. The minimum atomic E-state index is -0.385. The van der Waals surface area contributed by atoms with E-state index in [9.17, 15) is 14.4 Å². The molecule has 176 valence electrons. The number of hydrogen-bond donors (Lipinski definition) is 1. The first kappa shape index (κ1) is 23.4. The molecule has 0 saturated carbocycles. The summed E-state index contributed by atoms with van der Waals surface area (Å²) in [5.74, 6) is -0.0394. The molecule has 0 spiro atoms. The van der Waals surface area contributed by atoms with Gasteiger partial charge in [0.15, 0.2) is 11.5 Å². The maximum atomic E-state index is 12.8. The average molecular weight is 481 g/mol. The molecule has 1 N–H and O–H groups in total. The van der Waals surface area contributed by atoms with Crippen molar-refractivity contribution in [2.24, 2.45) is 0 Å². The lowest BCUT2D eigenvalue weighted by molar-refractivity contribution is 0.0641. The predicted molar refractivity (Wildman–Crippen MR) is 127 cm³/mol. The van der Waals surface area contributed by atoms with Crippen molar-refractivity contribution >= 4 is 34.2 Å². The van der Waals surface area contributed by atoms with E-state index in [0.717, 1.165) is 29.1 Å². The van der Waals surface area contributed by atoms with Crippen molar-refractivity contribution in [3.05, 3.63) is 64.2 Å². The summed E-state index contributed by atoms with van der Waals surface area (Å²) in [5, 5.41) is 11.4. The topological polar surface area (TPSA) is 111 Å². The Morgan fingerprint density at radius 1 is 1.00 bits per heavy atom. The van der Waals surface area contributed by atoms with Gasteiger partial charge in [0, 0.05) is 5.56 Å². The average Bonchev–Trinajstić information content (AvgIpc) is 3.38. The number of nitrogens with one attached hydrogen (secondary N) is 1. The number of carbonyl (C=O) groups is 3. The molecule has 2 aromatic carbocycles. The number of nitrogens with zero attached hydrogens (tertiary/aromatic N) is 3. The number of unbranched alkanes of at least 4 members (excludes halogenated alkanes) is 1. The monoisotopic (exact) mass is 480 g/mol. The standard InChI is InChI=1S/C24H24N4O5S/c1-3-5-12-33-18-11-10-15(13-19(18)32-4-2)21(29)25-24-27-26-20(34-24)14-28-22(30)16-8-6-7-9-17(16)23(28)31/h6-11,13H,3-5,12,14H2,1-2H3,(H,25,27,29). The Bertz CT molecular complexity index is 1190. The number of imide groups is 1. The van der Waals surface area contributed by atoms with E-state index in [1.165, 1.54) is 0 Å². The fourth-order valence-corrected chi connectivity index (χ4v) is 4.14. The Labute approximate surface area is 200 Å². The van der Waals surface area contributed by atoms with Crippen molar-refractivity contribution in [1.29, 1.82) is 0 Å². The lowest BCUT2D eigenvalue weighted by Gasteiger charge is -2.13. The maximum Gasteiger partial charge on any atom is 0.261 e. The van der Waals surface area contributed by atoms with E-state index in [4.69, 9.17) is 9.47 Å². The van der Waals surface area contributed by atoms with Gasteiger partial charge in [0.25, 0.3) is 17.7 Å². The second-order valence-corrected chi connectivity index (χ2v) is 8.56. The molecule has 0 aliphatic carbocycles. The molecule has 10 heteroatoms. The largest absolute Gasteiger partial charge is 0.490 e. The number of ether oxygens (including phenoxy) is 2. The molecule has 0 fully saturated rings. The normalized spacial score (nSPS) is 12.6. The third-order valence-electron chi connectivity index (χ3n) is 5.12. The van der Waals surface area contributed by atoms with Gasteiger partial charge in [0.2, 0.25) is 5.13 Å². The quantitative estimate of drug-likeness (QED) is 0.343. The third-order valence-corrected chi connectivity index (χ3v) is 5.94. The van der Waals surface area contributed by atoms with Crippen molar-refractivity contribution in [2.75, 3.05) is 18.5 Å². The molecular weight excluding hydrogens is 456 g/mol. The number of rotatable bonds is 10. The van der Waals surface area contributed by atoms with Gasteiger partial charge in [-0.3, -0.25) is 24.6 Å². The van der Waals surface area contributed by atoms with Crippen LogP contribution in [0.3, 0.4) is 0 Å². The molecule has 1 aromatic heterocycles. The number of hydrogen-bond acceptors (Lipinski definition) is 8. The summed E-state index contributed by atoms with van der Waals surface area (Å²) >= 11 is 1.10. The molecule has 4 rings (SSSR count). The van der Waals surface area contributed by atoms with Crippen LogP contribution < -0.4 is 14.8 Å². The minimum Gasteiger partial charge on any atom is -0.490 e. The Kier molecular flexibility index (Phi) is 7.17. The zero-order valence-electron chi connectivity index (χ0n) is 18.9. The molecule has 0 atom stereocenters. The molecule has 1 aliphatic heterocycles. The van der Waals surface area contributed by atoms with Crippen molar-refractivity contribution in [2.45, 2.75) is 33.2 Å². The summed E-state index contributed by atoms with van der Waals surface area (Å²) in [6.07, 6.45) is 1.94. The minimum absolute atomic E-state index is 0.0157. The molecule has 34 heavy (non-hydrogen) atoms. The highest BCUT2D eigenvalue weighted by Crippen LogP contribution is 2.30. The molecule has 9 nitrogen and oxygen atoms in total. The first-order chi connectivity index (χ1) is 16.5. The van der Waals surface area contributed by atoms with Crippen LogP contribution in [0.1, 0.15) is 62.8 Å². The Morgan fingerprint density at radius 3 is 2.41 bits per heavy atom. The van der Waals surface area contributed by atoms with E-state index in [1.807, 2.05) is 6.92 Å². The van der Waals surface area contributed by atoms with E-state index in [-0.39, 0.29) is 29.4 Å². The molecule has 0 radical (unpaired) electrons. The van der Waals surface area contributed by atoms with E-state index in [0.29, 0.717) is 46.4 Å². The van der Waals surface area contributed by atoms with Gasteiger partial charge in [0.1, 0.15) is 5.01 Å². The lowest BCUT2D eigenvalue weighted by Crippen LogP contribution is -2.29. The first-order valence-corrected chi connectivity index (χ1v) is 11.8. The van der Waals surface area contributed by atoms with Gasteiger partial charge in [-0.2, -0.15) is 0 Å². The van der Waals surface area contributed by atoms with Gasteiger partial charge in [-0.05, 0) is 43.7 Å². The van der Waals surface area contributed by atoms with Crippen molar-refractivity contribution in [1.82, 2.24) is 15.1 Å². The van der Waals surface area contributed by atoms with Crippen LogP contribution in [-0.4, -0.2) is 46.0 Å². The highest BCUT2D eigenvalue weighted by Gasteiger charge is 2.35. The van der Waals surface area contributed by atoms with Crippen LogP contribution in [0.25, 0.3) is 0 Å². The van der Waals surface area contributed by atoms with E-state index in [2.05, 4.69) is 22.4 Å². The lowest BCUT2D eigenvalue weighted by atomic mass is 10.1. The van der Waals surface area contributed by atoms with Gasteiger partial charge >= 0.3 is 0 Å². The van der Waals surface area contributed by atoms with E-state index in [1.54, 1.807) is 42.5 Å². The maximum absolute atomic E-state index is 12.8. The number of benzene rings is 2. The van der Waals surface area contributed by atoms with Crippen molar-refractivity contribution < 1.29 is 23.9 Å². The SMILES string of the molecule is CCCCOc1ccc(C(=O)Nc2nnc(CN3C(=O)c4ccccc4C3=O)s2)cc1OCC. The van der Waals surface area contributed by atoms with Crippen molar-refractivity contribution in [3.8, 4) is 11.5 Å². The number of carbonyl (C=O) groups excluding carboxylic acids is 3. The summed E-state index contributed by atoms with van der Waals surface area (Å²) in [6.45, 7) is 4.94. The molecule has 1 aliphatic rings. The summed E-state index contributed by atoms with van der Waals surface area (Å²) in [6, 6.07) is 11.7. The highest BCUT2D eigenvalue weighted by molar-refractivity contribution is 7.15. The molecular formula is C24H24N4O5S. The van der Waals surface area contributed by atoms with Crippen LogP contribution in [0, 0.1) is 0 Å². The zero-order valence-corrected chi connectivity index (χ0v) is 19.7. The van der Waals surface area contributed by atoms with Crippen LogP contribution in [0.4, 0.5) is 5.13 Å². The van der Waals surface area contributed by atoms with Gasteiger partial charge in [-0.25, -0.2) is 0 Å². The Hall–Kier alpha value is -3.79. The second kappa shape index (κ2) is 10.4. The van der Waals surface area contributed by atoms with Gasteiger partial charge in [0.05, 0.1) is 30.9 Å². The number of amides is 3. The number of aromatic nitrogens is 2. The van der Waals surface area contributed by atoms with E-state index >= 15 is 0 Å². The summed E-state index contributed by atoms with van der Waals surface area (Å²) in [7, 11) is 0. The first-order valence-electron chi connectivity index (χ1n) is 11.0. The number of fused-ring (bicyclic) bond motifs is 1. The molecule has 2 heterocycles. The van der Waals surface area contributed by atoms with Crippen LogP contribution in [0.15, 0.2) is 42.5 Å². The van der Waals surface area contributed by atoms with Crippen LogP contribution in [0.5, 0.6) is 11.5 Å². The van der Waals surface area contributed by atoms with E-state index < -0.39 is 0 Å². The zero-order chi connectivity index (χ0) is 24.1. The molecule has 0 saturated heterocycles. The van der Waals surface area contributed by atoms with Crippen LogP contribution >= 0.6 is 11.3 Å². The summed E-state index contributed by atoms with van der Waals surface area (Å²) in [5.41, 5.74) is 1.12. The summed E-state index contributed by atoms with van der Waals surface area (Å²) < 4.78 is 11.4. The Balaban J connectivity index is 1.42.